The van der Waals surface area contributed by atoms with Gasteiger partial charge in [-0.05, 0) is 66.3 Å². The van der Waals surface area contributed by atoms with Crippen LogP contribution in [0, 0.1) is 18.6 Å². The number of aliphatic hydroxyl groups excluding tert-OH is 1. The van der Waals surface area contributed by atoms with Gasteiger partial charge in [0, 0.05) is 11.6 Å². The van der Waals surface area contributed by atoms with Crippen LogP contribution >= 0.6 is 0 Å². The highest BCUT2D eigenvalue weighted by molar-refractivity contribution is 6.51. The molecule has 0 spiro atoms. The minimum atomic E-state index is -1.27. The van der Waals surface area contributed by atoms with Gasteiger partial charge in [0.15, 0.2) is 11.5 Å². The van der Waals surface area contributed by atoms with Gasteiger partial charge in [0.25, 0.3) is 11.7 Å². The molecule has 1 atom stereocenters. The number of hydrogen-bond acceptors (Lipinski definition) is 5. The van der Waals surface area contributed by atoms with Gasteiger partial charge in [-0.1, -0.05) is 39.0 Å². The van der Waals surface area contributed by atoms with Crippen LogP contribution in [0.2, 0.25) is 0 Å². The van der Waals surface area contributed by atoms with Crippen LogP contribution in [-0.2, 0) is 15.0 Å². The topological polar surface area (TPSA) is 76.1 Å². The zero-order chi connectivity index (χ0) is 28.6. The summed E-state index contributed by atoms with van der Waals surface area (Å²) in [6, 6.07) is 11.7. The number of benzene rings is 3. The van der Waals surface area contributed by atoms with Crippen LogP contribution in [0.5, 0.6) is 11.5 Å². The third-order valence-corrected chi connectivity index (χ3v) is 6.77. The third-order valence-electron chi connectivity index (χ3n) is 6.77. The summed E-state index contributed by atoms with van der Waals surface area (Å²) in [5.74, 6) is -3.47. The molecule has 1 unspecified atom stereocenters. The molecule has 8 heteroatoms. The number of carbonyl (C=O) groups excluding carboxylic acids is 2. The van der Waals surface area contributed by atoms with Crippen LogP contribution in [0.25, 0.3) is 5.76 Å². The molecule has 0 saturated carbocycles. The molecule has 3 aromatic rings. The summed E-state index contributed by atoms with van der Waals surface area (Å²) in [6.45, 7) is 9.90. The van der Waals surface area contributed by atoms with Crippen molar-refractivity contribution < 1.29 is 33.0 Å². The molecule has 204 valence electrons. The summed E-state index contributed by atoms with van der Waals surface area (Å²) >= 11 is 0. The van der Waals surface area contributed by atoms with Crippen molar-refractivity contribution in [2.45, 2.75) is 46.1 Å². The zero-order valence-electron chi connectivity index (χ0n) is 22.8. The number of ether oxygens (including phenoxy) is 2. The monoisotopic (exact) mass is 535 g/mol. The lowest BCUT2D eigenvalue weighted by molar-refractivity contribution is -0.132. The molecule has 1 fully saturated rings. The fourth-order valence-electron chi connectivity index (χ4n) is 4.69. The molecule has 0 bridgehead atoms. The van der Waals surface area contributed by atoms with E-state index >= 15 is 4.39 Å². The van der Waals surface area contributed by atoms with Crippen molar-refractivity contribution >= 4 is 23.1 Å². The largest absolute Gasteiger partial charge is 0.507 e. The van der Waals surface area contributed by atoms with Crippen LogP contribution in [0.15, 0.2) is 60.2 Å². The molecule has 1 aliphatic rings. The van der Waals surface area contributed by atoms with E-state index in [2.05, 4.69) is 0 Å². The molecule has 39 heavy (non-hydrogen) atoms. The van der Waals surface area contributed by atoms with Crippen molar-refractivity contribution in [3.63, 3.8) is 0 Å². The average Bonchev–Trinajstić information content (AvgIpc) is 3.15. The maximum absolute atomic E-state index is 15.0. The van der Waals surface area contributed by atoms with Crippen LogP contribution in [0.1, 0.15) is 56.0 Å². The van der Waals surface area contributed by atoms with Gasteiger partial charge in [-0.2, -0.15) is 0 Å². The lowest BCUT2D eigenvalue weighted by Crippen LogP contribution is -2.30. The number of aryl methyl sites for hydroxylation is 1. The van der Waals surface area contributed by atoms with E-state index in [-0.39, 0.29) is 11.0 Å². The molecule has 3 aromatic carbocycles. The van der Waals surface area contributed by atoms with Crippen molar-refractivity contribution in [1.82, 2.24) is 0 Å². The molecule has 6 nitrogen and oxygen atoms in total. The number of nitrogens with zero attached hydrogens (tertiary/aromatic N) is 1. The number of anilines is 1. The molecule has 1 heterocycles. The van der Waals surface area contributed by atoms with Gasteiger partial charge < -0.3 is 14.6 Å². The number of hydrogen-bond donors (Lipinski definition) is 1. The second kappa shape index (κ2) is 10.5. The highest BCUT2D eigenvalue weighted by Crippen LogP contribution is 2.45. The normalized spacial score (nSPS) is 17.0. The molecular weight excluding hydrogens is 504 g/mol. The fourth-order valence-corrected chi connectivity index (χ4v) is 4.69. The maximum Gasteiger partial charge on any atom is 0.300 e. The predicted molar refractivity (Wildman–Crippen MR) is 145 cm³/mol. The minimum absolute atomic E-state index is 0.245. The van der Waals surface area contributed by atoms with Crippen molar-refractivity contribution in [2.24, 2.45) is 0 Å². The summed E-state index contributed by atoms with van der Waals surface area (Å²) in [4.78, 5) is 27.8. The number of aliphatic hydroxyl groups is 1. The Morgan fingerprint density at radius 1 is 1.00 bits per heavy atom. The molecule has 1 amide bonds. The summed E-state index contributed by atoms with van der Waals surface area (Å²) < 4.78 is 40.4. The molecular formula is C31H31F2NO5. The Labute approximate surface area is 226 Å². The Balaban J connectivity index is 2.04. The second-order valence-electron chi connectivity index (χ2n) is 10.4. The fraction of sp³-hybridized carbons (Fsp3) is 0.290. The molecule has 0 aliphatic carbocycles. The molecule has 1 aliphatic heterocycles. The van der Waals surface area contributed by atoms with E-state index in [0.717, 1.165) is 28.7 Å². The van der Waals surface area contributed by atoms with Gasteiger partial charge in [-0.15, -0.1) is 0 Å². The van der Waals surface area contributed by atoms with Crippen LogP contribution in [0.4, 0.5) is 14.5 Å². The van der Waals surface area contributed by atoms with Gasteiger partial charge in [0.2, 0.25) is 0 Å². The van der Waals surface area contributed by atoms with Crippen molar-refractivity contribution in [3.8, 4) is 11.5 Å². The Kier molecular flexibility index (Phi) is 7.50. The number of rotatable bonds is 6. The van der Waals surface area contributed by atoms with Crippen LogP contribution in [-0.4, -0.2) is 30.5 Å². The number of carbonyl (C=O) groups is 2. The first-order valence-electron chi connectivity index (χ1n) is 12.6. The van der Waals surface area contributed by atoms with E-state index in [0.29, 0.717) is 34.8 Å². The second-order valence-corrected chi connectivity index (χ2v) is 10.4. The van der Waals surface area contributed by atoms with E-state index in [1.54, 1.807) is 38.1 Å². The van der Waals surface area contributed by atoms with Gasteiger partial charge in [0.05, 0.1) is 31.0 Å². The summed E-state index contributed by atoms with van der Waals surface area (Å²) in [6.07, 6.45) is 0. The van der Waals surface area contributed by atoms with E-state index in [9.17, 15) is 19.1 Å². The molecule has 1 N–H and O–H groups in total. The highest BCUT2D eigenvalue weighted by Gasteiger charge is 2.48. The first-order valence-corrected chi connectivity index (χ1v) is 12.6. The van der Waals surface area contributed by atoms with Gasteiger partial charge in [0.1, 0.15) is 17.4 Å². The molecule has 4 rings (SSSR count). The molecule has 1 saturated heterocycles. The summed E-state index contributed by atoms with van der Waals surface area (Å²) in [7, 11) is 1.47. The molecule has 0 aromatic heterocycles. The predicted octanol–water partition coefficient (Wildman–Crippen LogP) is 6.60. The zero-order valence-corrected chi connectivity index (χ0v) is 22.8. The smallest absolute Gasteiger partial charge is 0.300 e. The van der Waals surface area contributed by atoms with Crippen LogP contribution in [0.3, 0.4) is 0 Å². The number of amides is 1. The van der Waals surface area contributed by atoms with E-state index in [4.69, 9.17) is 9.47 Å². The number of ketones is 1. The van der Waals surface area contributed by atoms with Crippen molar-refractivity contribution in [2.75, 3.05) is 18.6 Å². The SMILES string of the molecule is CCOc1cc(C2/C(=C(\O)c3cc(C(C)(C)C)ccc3C)C(=O)C(=O)N2c2cc(F)ccc2F)ccc1OC. The average molecular weight is 536 g/mol. The maximum atomic E-state index is 15.0. The minimum Gasteiger partial charge on any atom is -0.507 e. The lowest BCUT2D eigenvalue weighted by Gasteiger charge is -2.27. The lowest BCUT2D eigenvalue weighted by atomic mass is 9.84. The summed E-state index contributed by atoms with van der Waals surface area (Å²) in [5, 5.41) is 11.6. The van der Waals surface area contributed by atoms with E-state index in [1.807, 2.05) is 32.9 Å². The quantitative estimate of drug-likeness (QED) is 0.219. The Morgan fingerprint density at radius 3 is 2.36 bits per heavy atom. The Bertz CT molecular complexity index is 1490. The van der Waals surface area contributed by atoms with Gasteiger partial charge in [-0.3, -0.25) is 14.5 Å². The third kappa shape index (κ3) is 5.11. The highest BCUT2D eigenvalue weighted by atomic mass is 19.1. The van der Waals surface area contributed by atoms with Crippen LogP contribution < -0.4 is 14.4 Å². The summed E-state index contributed by atoms with van der Waals surface area (Å²) in [5.41, 5.74) is 1.35. The van der Waals surface area contributed by atoms with E-state index < -0.39 is 40.8 Å². The first kappa shape index (κ1) is 27.8. The Morgan fingerprint density at radius 2 is 1.72 bits per heavy atom. The van der Waals surface area contributed by atoms with Crippen molar-refractivity contribution in [3.05, 3.63) is 94.1 Å². The number of methoxy groups -OCH3 is 1. The van der Waals surface area contributed by atoms with Crippen molar-refractivity contribution in [1.29, 1.82) is 0 Å². The number of Topliss-reactive ketones (excluding diaryl/α,β-unsaturated/α-hetero) is 1. The van der Waals surface area contributed by atoms with Gasteiger partial charge >= 0.3 is 0 Å². The van der Waals surface area contributed by atoms with Gasteiger partial charge in [-0.25, -0.2) is 8.78 Å². The van der Waals surface area contributed by atoms with E-state index in [1.165, 1.54) is 7.11 Å². The first-order chi connectivity index (χ1) is 18.4. The standard InChI is InChI=1S/C31H31F2NO5/c1-7-39-25-14-18(9-13-24(25)38-6)27-26(28(35)21-15-19(31(3,4)5)10-8-17(21)2)29(36)30(37)34(27)23-16-20(32)11-12-22(23)33/h8-16,27,35H,7H2,1-6H3/b28-26+. The number of halogens is 2. The Hall–Kier alpha value is -4.20. The molecule has 0 radical (unpaired) electrons.